The summed E-state index contributed by atoms with van der Waals surface area (Å²) in [6, 6.07) is 7.61. The van der Waals surface area contributed by atoms with Crippen LogP contribution in [0.3, 0.4) is 0 Å². The Hall–Kier alpha value is -1.84. The Morgan fingerprint density at radius 2 is 2.06 bits per heavy atom. The number of pyridine rings is 1. The molecular weight excluding hydrogens is 226 g/mol. The maximum absolute atomic E-state index is 11.4. The van der Waals surface area contributed by atoms with Gasteiger partial charge in [-0.15, -0.1) is 0 Å². The van der Waals surface area contributed by atoms with E-state index in [1.807, 2.05) is 12.1 Å². The van der Waals surface area contributed by atoms with Gasteiger partial charge < -0.3 is 5.73 Å². The molecule has 0 unspecified atom stereocenters. The van der Waals surface area contributed by atoms with Crippen molar-refractivity contribution in [2.45, 2.75) is 38.0 Å². The molecule has 0 bridgehead atoms. The van der Waals surface area contributed by atoms with Gasteiger partial charge in [0.15, 0.2) is 0 Å². The number of carbonyl (C=O) groups is 1. The zero-order chi connectivity index (χ0) is 12.5. The Bertz CT molecular complexity index is 582. The van der Waals surface area contributed by atoms with Gasteiger partial charge in [-0.05, 0) is 31.0 Å². The van der Waals surface area contributed by atoms with Crippen LogP contribution in [0.25, 0.3) is 5.52 Å². The van der Waals surface area contributed by atoms with Crippen LogP contribution in [0.4, 0.5) is 0 Å². The maximum atomic E-state index is 11.4. The standard InChI is InChI=1S/C14H17N3O/c15-14(18)13-8-4-7-11-9-12(16-17(11)13)10-5-2-1-3-6-10/h4,7-10H,1-3,5-6H2,(H2,15,18). The second kappa shape index (κ2) is 4.44. The number of hydrogen-bond donors (Lipinski definition) is 1. The Morgan fingerprint density at radius 1 is 1.28 bits per heavy atom. The van der Waals surface area contributed by atoms with E-state index < -0.39 is 5.91 Å². The molecule has 1 aliphatic carbocycles. The lowest BCUT2D eigenvalue weighted by Gasteiger charge is -2.19. The third-order valence-electron chi connectivity index (χ3n) is 3.78. The Kier molecular flexibility index (Phi) is 2.78. The fourth-order valence-electron chi connectivity index (χ4n) is 2.82. The third kappa shape index (κ3) is 1.88. The first-order valence-electron chi connectivity index (χ1n) is 6.54. The van der Waals surface area contributed by atoms with E-state index in [4.69, 9.17) is 5.73 Å². The number of rotatable bonds is 2. The highest BCUT2D eigenvalue weighted by Crippen LogP contribution is 2.32. The number of amides is 1. The lowest BCUT2D eigenvalue weighted by molar-refractivity contribution is 0.0993. The molecule has 0 spiro atoms. The summed E-state index contributed by atoms with van der Waals surface area (Å²) in [6.07, 6.45) is 6.30. The van der Waals surface area contributed by atoms with Crippen molar-refractivity contribution in [2.24, 2.45) is 5.73 Å². The smallest absolute Gasteiger partial charge is 0.267 e. The molecule has 1 fully saturated rings. The first-order valence-corrected chi connectivity index (χ1v) is 6.54. The second-order valence-corrected chi connectivity index (χ2v) is 5.02. The number of primary amides is 1. The zero-order valence-electron chi connectivity index (χ0n) is 10.3. The third-order valence-corrected chi connectivity index (χ3v) is 3.78. The number of nitrogens with zero attached hydrogens (tertiary/aromatic N) is 2. The number of fused-ring (bicyclic) bond motifs is 1. The fourth-order valence-corrected chi connectivity index (χ4v) is 2.82. The van der Waals surface area contributed by atoms with Gasteiger partial charge in [-0.1, -0.05) is 25.3 Å². The predicted octanol–water partition coefficient (Wildman–Crippen LogP) is 2.48. The van der Waals surface area contributed by atoms with Gasteiger partial charge in [0.1, 0.15) is 5.69 Å². The van der Waals surface area contributed by atoms with E-state index in [2.05, 4.69) is 11.2 Å². The van der Waals surface area contributed by atoms with Crippen LogP contribution in [0.5, 0.6) is 0 Å². The molecular formula is C14H17N3O. The van der Waals surface area contributed by atoms with Crippen LogP contribution in [-0.4, -0.2) is 15.5 Å². The van der Waals surface area contributed by atoms with Gasteiger partial charge in [-0.25, -0.2) is 4.52 Å². The monoisotopic (exact) mass is 243 g/mol. The molecule has 0 atom stereocenters. The number of hydrogen-bond acceptors (Lipinski definition) is 2. The van der Waals surface area contributed by atoms with E-state index in [0.717, 1.165) is 11.2 Å². The van der Waals surface area contributed by atoms with Crippen LogP contribution in [0.15, 0.2) is 24.3 Å². The highest BCUT2D eigenvalue weighted by molar-refractivity contribution is 5.91. The first kappa shape index (κ1) is 11.3. The summed E-state index contributed by atoms with van der Waals surface area (Å²) < 4.78 is 1.67. The average Bonchev–Trinajstić information content (AvgIpc) is 2.83. The Balaban J connectivity index is 2.04. The van der Waals surface area contributed by atoms with Crippen molar-refractivity contribution in [1.29, 1.82) is 0 Å². The zero-order valence-corrected chi connectivity index (χ0v) is 10.3. The molecule has 1 aliphatic rings. The summed E-state index contributed by atoms with van der Waals surface area (Å²) in [4.78, 5) is 11.4. The van der Waals surface area contributed by atoms with Crippen LogP contribution in [0, 0.1) is 0 Å². The van der Waals surface area contributed by atoms with Crippen molar-refractivity contribution in [3.8, 4) is 0 Å². The minimum Gasteiger partial charge on any atom is -0.364 e. The summed E-state index contributed by atoms with van der Waals surface area (Å²) in [5.41, 5.74) is 7.87. The highest BCUT2D eigenvalue weighted by atomic mass is 16.1. The van der Waals surface area contributed by atoms with E-state index in [1.165, 1.54) is 32.1 Å². The van der Waals surface area contributed by atoms with E-state index in [9.17, 15) is 4.79 Å². The summed E-state index contributed by atoms with van der Waals surface area (Å²) in [7, 11) is 0. The summed E-state index contributed by atoms with van der Waals surface area (Å²) in [6.45, 7) is 0. The van der Waals surface area contributed by atoms with Crippen LogP contribution in [0.1, 0.15) is 54.2 Å². The molecule has 0 saturated heterocycles. The van der Waals surface area contributed by atoms with Crippen LogP contribution in [-0.2, 0) is 0 Å². The van der Waals surface area contributed by atoms with Crippen molar-refractivity contribution in [1.82, 2.24) is 9.61 Å². The van der Waals surface area contributed by atoms with Gasteiger partial charge >= 0.3 is 0 Å². The van der Waals surface area contributed by atoms with Crippen molar-refractivity contribution in [3.05, 3.63) is 35.7 Å². The molecule has 1 saturated carbocycles. The van der Waals surface area contributed by atoms with E-state index >= 15 is 0 Å². The van der Waals surface area contributed by atoms with Gasteiger partial charge in [0, 0.05) is 5.92 Å². The lowest BCUT2D eigenvalue weighted by atomic mass is 9.87. The van der Waals surface area contributed by atoms with Crippen molar-refractivity contribution in [2.75, 3.05) is 0 Å². The molecule has 4 nitrogen and oxygen atoms in total. The summed E-state index contributed by atoms with van der Waals surface area (Å²) in [5, 5.41) is 4.57. The van der Waals surface area contributed by atoms with Crippen LogP contribution < -0.4 is 5.73 Å². The van der Waals surface area contributed by atoms with Gasteiger partial charge in [0.05, 0.1) is 11.2 Å². The minimum atomic E-state index is -0.432. The summed E-state index contributed by atoms with van der Waals surface area (Å²) in [5.74, 6) is 0.110. The topological polar surface area (TPSA) is 60.4 Å². The number of aromatic nitrogens is 2. The molecule has 2 N–H and O–H groups in total. The number of carbonyl (C=O) groups excluding carboxylic acids is 1. The predicted molar refractivity (Wildman–Crippen MR) is 69.5 cm³/mol. The molecule has 0 aliphatic heterocycles. The molecule has 0 radical (unpaired) electrons. The molecule has 4 heteroatoms. The molecule has 94 valence electrons. The normalized spacial score (nSPS) is 17.1. The largest absolute Gasteiger partial charge is 0.364 e. The molecule has 0 aromatic carbocycles. The quantitative estimate of drug-likeness (QED) is 0.880. The first-order chi connectivity index (χ1) is 8.75. The number of nitrogens with two attached hydrogens (primary N) is 1. The van der Waals surface area contributed by atoms with Crippen molar-refractivity contribution < 1.29 is 4.79 Å². The molecule has 2 aromatic heterocycles. The second-order valence-electron chi connectivity index (χ2n) is 5.02. The lowest BCUT2D eigenvalue weighted by Crippen LogP contribution is -2.16. The molecule has 2 aromatic rings. The van der Waals surface area contributed by atoms with Gasteiger partial charge in [0.25, 0.3) is 5.91 Å². The van der Waals surface area contributed by atoms with Gasteiger partial charge in [-0.2, -0.15) is 5.10 Å². The summed E-state index contributed by atoms with van der Waals surface area (Å²) >= 11 is 0. The van der Waals surface area contributed by atoms with Crippen molar-refractivity contribution >= 4 is 11.4 Å². The highest BCUT2D eigenvalue weighted by Gasteiger charge is 2.19. The SMILES string of the molecule is NC(=O)c1cccc2cc(C3CCCCC3)nn12. The van der Waals surface area contributed by atoms with Gasteiger partial charge in [-0.3, -0.25) is 4.79 Å². The van der Waals surface area contributed by atoms with Crippen molar-refractivity contribution in [3.63, 3.8) is 0 Å². The minimum absolute atomic E-state index is 0.432. The van der Waals surface area contributed by atoms with E-state index in [1.54, 1.807) is 10.6 Å². The van der Waals surface area contributed by atoms with E-state index in [-0.39, 0.29) is 0 Å². The Labute approximate surface area is 106 Å². The van der Waals surface area contributed by atoms with Crippen LogP contribution in [0.2, 0.25) is 0 Å². The van der Waals surface area contributed by atoms with Gasteiger partial charge in [0.2, 0.25) is 0 Å². The molecule has 18 heavy (non-hydrogen) atoms. The molecule has 1 amide bonds. The average molecular weight is 243 g/mol. The maximum Gasteiger partial charge on any atom is 0.267 e. The molecule has 2 heterocycles. The molecule has 3 rings (SSSR count). The fraction of sp³-hybridized carbons (Fsp3) is 0.429. The van der Waals surface area contributed by atoms with Crippen LogP contribution >= 0.6 is 0 Å². The Morgan fingerprint density at radius 3 is 2.78 bits per heavy atom. The van der Waals surface area contributed by atoms with E-state index in [0.29, 0.717) is 11.6 Å².